The standard InChI is InChI=1S/C13H13BrN2S2/c1-8-6-18-7-9(8)5-16-12-3-2-10(14)4-11(12)13(15)17/h2-4,6-7,16H,5H2,1H3,(H2,15,17). The van der Waals surface area contributed by atoms with Crippen LogP contribution in [0.15, 0.2) is 33.4 Å². The van der Waals surface area contributed by atoms with Crippen LogP contribution in [0, 0.1) is 6.92 Å². The summed E-state index contributed by atoms with van der Waals surface area (Å²) in [4.78, 5) is 0.404. The molecule has 0 fully saturated rings. The molecule has 0 unspecified atom stereocenters. The molecule has 94 valence electrons. The van der Waals surface area contributed by atoms with Crippen LogP contribution in [-0.2, 0) is 6.54 Å². The molecule has 0 amide bonds. The molecule has 0 aliphatic carbocycles. The number of nitrogens with two attached hydrogens (primary N) is 1. The van der Waals surface area contributed by atoms with Gasteiger partial charge in [-0.05, 0) is 47.0 Å². The molecule has 2 aromatic rings. The van der Waals surface area contributed by atoms with Gasteiger partial charge in [-0.2, -0.15) is 11.3 Å². The van der Waals surface area contributed by atoms with E-state index in [1.54, 1.807) is 11.3 Å². The van der Waals surface area contributed by atoms with Crippen molar-refractivity contribution in [1.29, 1.82) is 0 Å². The maximum atomic E-state index is 5.73. The van der Waals surface area contributed by atoms with Gasteiger partial charge in [-0.3, -0.25) is 0 Å². The summed E-state index contributed by atoms with van der Waals surface area (Å²) in [5, 5.41) is 7.68. The van der Waals surface area contributed by atoms with E-state index >= 15 is 0 Å². The van der Waals surface area contributed by atoms with E-state index < -0.39 is 0 Å². The van der Waals surface area contributed by atoms with Gasteiger partial charge in [-0.1, -0.05) is 28.1 Å². The van der Waals surface area contributed by atoms with Crippen molar-refractivity contribution in [2.45, 2.75) is 13.5 Å². The molecule has 0 radical (unpaired) electrons. The normalized spacial score (nSPS) is 10.3. The summed E-state index contributed by atoms with van der Waals surface area (Å²) in [5.41, 5.74) is 10.2. The second-order valence-corrected chi connectivity index (χ2v) is 6.09. The fourth-order valence-corrected chi connectivity index (χ4v) is 3.02. The van der Waals surface area contributed by atoms with Crippen LogP contribution < -0.4 is 11.1 Å². The topological polar surface area (TPSA) is 38.0 Å². The Balaban J connectivity index is 2.19. The van der Waals surface area contributed by atoms with E-state index in [1.807, 2.05) is 18.2 Å². The highest BCUT2D eigenvalue weighted by Gasteiger charge is 2.06. The average Bonchev–Trinajstić information content (AvgIpc) is 2.73. The lowest BCUT2D eigenvalue weighted by Gasteiger charge is -2.11. The lowest BCUT2D eigenvalue weighted by molar-refractivity contribution is 1.14. The molecule has 0 saturated heterocycles. The summed E-state index contributed by atoms with van der Waals surface area (Å²) in [7, 11) is 0. The Bertz CT molecular complexity index is 578. The molecular weight excluding hydrogens is 328 g/mol. The van der Waals surface area contributed by atoms with Crippen molar-refractivity contribution in [3.63, 3.8) is 0 Å². The Morgan fingerprint density at radius 3 is 2.83 bits per heavy atom. The maximum Gasteiger partial charge on any atom is 0.106 e. The Kier molecular flexibility index (Phi) is 4.37. The minimum Gasteiger partial charge on any atom is -0.389 e. The zero-order valence-corrected chi connectivity index (χ0v) is 13.1. The lowest BCUT2D eigenvalue weighted by atomic mass is 10.1. The van der Waals surface area contributed by atoms with Crippen LogP contribution in [0.25, 0.3) is 0 Å². The van der Waals surface area contributed by atoms with Crippen molar-refractivity contribution in [1.82, 2.24) is 0 Å². The second-order valence-electron chi connectivity index (χ2n) is 3.99. The average molecular weight is 341 g/mol. The van der Waals surface area contributed by atoms with Crippen LogP contribution in [0.1, 0.15) is 16.7 Å². The number of halogens is 1. The van der Waals surface area contributed by atoms with Crippen molar-refractivity contribution in [3.05, 3.63) is 50.1 Å². The molecule has 0 saturated carbocycles. The minimum atomic E-state index is 0.404. The number of anilines is 1. The predicted octanol–water partition coefficient (Wildman–Crippen LogP) is 4.07. The van der Waals surface area contributed by atoms with Gasteiger partial charge in [0.15, 0.2) is 0 Å². The van der Waals surface area contributed by atoms with Gasteiger partial charge in [0.25, 0.3) is 0 Å². The van der Waals surface area contributed by atoms with Gasteiger partial charge in [0.2, 0.25) is 0 Å². The first-order valence-corrected chi connectivity index (χ1v) is 7.57. The zero-order chi connectivity index (χ0) is 13.1. The lowest BCUT2D eigenvalue weighted by Crippen LogP contribution is -2.13. The third kappa shape index (κ3) is 3.10. The van der Waals surface area contributed by atoms with E-state index in [4.69, 9.17) is 18.0 Å². The third-order valence-corrected chi connectivity index (χ3v) is 4.30. The summed E-state index contributed by atoms with van der Waals surface area (Å²) in [6.45, 7) is 2.90. The summed E-state index contributed by atoms with van der Waals surface area (Å²) >= 11 is 10.2. The quantitative estimate of drug-likeness (QED) is 0.824. The number of thiocarbonyl (C=S) groups is 1. The van der Waals surface area contributed by atoms with Crippen molar-refractivity contribution in [2.24, 2.45) is 5.73 Å². The maximum absolute atomic E-state index is 5.73. The molecule has 1 aromatic heterocycles. The zero-order valence-electron chi connectivity index (χ0n) is 9.87. The highest BCUT2D eigenvalue weighted by Crippen LogP contribution is 2.22. The molecule has 0 spiro atoms. The summed E-state index contributed by atoms with van der Waals surface area (Å²) in [5.74, 6) is 0. The van der Waals surface area contributed by atoms with E-state index in [1.165, 1.54) is 11.1 Å². The first-order valence-electron chi connectivity index (χ1n) is 5.43. The fourth-order valence-electron chi connectivity index (χ4n) is 1.63. The number of benzene rings is 1. The minimum absolute atomic E-state index is 0.404. The van der Waals surface area contributed by atoms with Crippen LogP contribution in [0.3, 0.4) is 0 Å². The number of thiophene rings is 1. The van der Waals surface area contributed by atoms with E-state index in [0.29, 0.717) is 4.99 Å². The second kappa shape index (κ2) is 5.82. The van der Waals surface area contributed by atoms with Crippen molar-refractivity contribution >= 4 is 50.2 Å². The highest BCUT2D eigenvalue weighted by molar-refractivity contribution is 9.10. The molecule has 5 heteroatoms. The number of hydrogen-bond donors (Lipinski definition) is 2. The molecular formula is C13H13BrN2S2. The van der Waals surface area contributed by atoms with Gasteiger partial charge >= 0.3 is 0 Å². The van der Waals surface area contributed by atoms with Crippen molar-refractivity contribution < 1.29 is 0 Å². The molecule has 3 N–H and O–H groups in total. The summed E-state index contributed by atoms with van der Waals surface area (Å²) in [6, 6.07) is 5.90. The van der Waals surface area contributed by atoms with Crippen LogP contribution >= 0.6 is 39.5 Å². The highest BCUT2D eigenvalue weighted by atomic mass is 79.9. The Morgan fingerprint density at radius 1 is 1.44 bits per heavy atom. The van der Waals surface area contributed by atoms with Gasteiger partial charge in [0.05, 0.1) is 0 Å². The number of hydrogen-bond acceptors (Lipinski definition) is 3. The van der Waals surface area contributed by atoms with E-state index in [9.17, 15) is 0 Å². The Hall–Kier alpha value is -0.910. The van der Waals surface area contributed by atoms with Crippen molar-refractivity contribution in [3.8, 4) is 0 Å². The van der Waals surface area contributed by atoms with E-state index in [-0.39, 0.29) is 0 Å². The fraction of sp³-hybridized carbons (Fsp3) is 0.154. The Morgan fingerprint density at radius 2 is 2.22 bits per heavy atom. The number of nitrogens with one attached hydrogen (secondary N) is 1. The van der Waals surface area contributed by atoms with Crippen molar-refractivity contribution in [2.75, 3.05) is 5.32 Å². The number of aryl methyl sites for hydroxylation is 1. The first-order chi connectivity index (χ1) is 8.58. The van der Waals surface area contributed by atoms with Crippen LogP contribution in [0.5, 0.6) is 0 Å². The van der Waals surface area contributed by atoms with Crippen LogP contribution in [-0.4, -0.2) is 4.99 Å². The van der Waals surface area contributed by atoms with Gasteiger partial charge in [0.1, 0.15) is 4.99 Å². The molecule has 0 aliphatic heterocycles. The van der Waals surface area contributed by atoms with Gasteiger partial charge in [-0.15, -0.1) is 0 Å². The SMILES string of the molecule is Cc1cscc1CNc1ccc(Br)cc1C(N)=S. The molecule has 1 aromatic carbocycles. The Labute approximate surface area is 124 Å². The predicted molar refractivity (Wildman–Crippen MR) is 86.4 cm³/mol. The molecule has 2 nitrogen and oxygen atoms in total. The largest absolute Gasteiger partial charge is 0.389 e. The monoisotopic (exact) mass is 340 g/mol. The van der Waals surface area contributed by atoms with Gasteiger partial charge < -0.3 is 11.1 Å². The molecule has 18 heavy (non-hydrogen) atoms. The number of rotatable bonds is 4. The van der Waals surface area contributed by atoms with E-state index in [0.717, 1.165) is 22.3 Å². The molecule has 0 atom stereocenters. The smallest absolute Gasteiger partial charge is 0.106 e. The van der Waals surface area contributed by atoms with Crippen LogP contribution in [0.4, 0.5) is 5.69 Å². The summed E-state index contributed by atoms with van der Waals surface area (Å²) in [6.07, 6.45) is 0. The third-order valence-electron chi connectivity index (χ3n) is 2.68. The summed E-state index contributed by atoms with van der Waals surface area (Å²) < 4.78 is 0.975. The molecule has 2 rings (SSSR count). The first kappa shape index (κ1) is 13.5. The van der Waals surface area contributed by atoms with Crippen LogP contribution in [0.2, 0.25) is 0 Å². The van der Waals surface area contributed by atoms with Gasteiger partial charge in [0, 0.05) is 22.3 Å². The van der Waals surface area contributed by atoms with E-state index in [2.05, 4.69) is 38.9 Å². The molecule has 1 heterocycles. The van der Waals surface area contributed by atoms with Gasteiger partial charge in [-0.25, -0.2) is 0 Å². The molecule has 0 aliphatic rings. The molecule has 0 bridgehead atoms.